The number of aromatic carboxylic acids is 1. The van der Waals surface area contributed by atoms with Crippen molar-refractivity contribution in [3.05, 3.63) is 23.5 Å². The summed E-state index contributed by atoms with van der Waals surface area (Å²) >= 11 is 0. The van der Waals surface area contributed by atoms with Crippen molar-refractivity contribution in [3.8, 4) is 11.8 Å². The van der Waals surface area contributed by atoms with E-state index in [2.05, 4.69) is 10.2 Å². The second-order valence-corrected chi connectivity index (χ2v) is 4.73. The topological polar surface area (TPSA) is 108 Å². The van der Waals surface area contributed by atoms with Gasteiger partial charge in [0.05, 0.1) is 31.0 Å². The molecule has 2 aliphatic rings. The number of carbonyl (C=O) groups excluding carboxylic acids is 1. The number of hydrogen-bond donors (Lipinski definition) is 1. The molecule has 0 amide bonds. The Hall–Kier alpha value is -2.84. The van der Waals surface area contributed by atoms with Gasteiger partial charge >= 0.3 is 5.97 Å². The van der Waals surface area contributed by atoms with E-state index in [1.165, 1.54) is 13.1 Å². The SMILES string of the molecule is CC(=O)c1cnn2c1OCC2.O=C(O)c1cnn2c1OCC2. The van der Waals surface area contributed by atoms with E-state index in [0.717, 1.165) is 6.54 Å². The van der Waals surface area contributed by atoms with Crippen LogP contribution in [0.1, 0.15) is 27.6 Å². The Labute approximate surface area is 125 Å². The lowest BCUT2D eigenvalue weighted by atomic mass is 10.2. The third-order valence-electron chi connectivity index (χ3n) is 3.28. The molecule has 22 heavy (non-hydrogen) atoms. The van der Waals surface area contributed by atoms with E-state index in [4.69, 9.17) is 14.6 Å². The lowest BCUT2D eigenvalue weighted by molar-refractivity contribution is 0.0693. The van der Waals surface area contributed by atoms with E-state index in [1.807, 2.05) is 0 Å². The maximum absolute atomic E-state index is 10.9. The second kappa shape index (κ2) is 5.51. The van der Waals surface area contributed by atoms with E-state index < -0.39 is 5.97 Å². The van der Waals surface area contributed by atoms with Crippen LogP contribution in [0.2, 0.25) is 0 Å². The zero-order valence-electron chi connectivity index (χ0n) is 11.9. The Morgan fingerprint density at radius 1 is 1.05 bits per heavy atom. The van der Waals surface area contributed by atoms with Gasteiger partial charge in [0.25, 0.3) is 0 Å². The molecule has 0 atom stereocenters. The van der Waals surface area contributed by atoms with Crippen molar-refractivity contribution in [2.24, 2.45) is 0 Å². The second-order valence-electron chi connectivity index (χ2n) is 4.73. The Morgan fingerprint density at radius 3 is 2.05 bits per heavy atom. The molecule has 2 aromatic rings. The minimum atomic E-state index is -0.992. The molecule has 0 saturated carbocycles. The summed E-state index contributed by atoms with van der Waals surface area (Å²) in [6.07, 6.45) is 2.85. The molecule has 0 aliphatic carbocycles. The number of carbonyl (C=O) groups is 2. The fraction of sp³-hybridized carbons (Fsp3) is 0.385. The number of fused-ring (bicyclic) bond motifs is 2. The van der Waals surface area contributed by atoms with Gasteiger partial charge in [-0.15, -0.1) is 0 Å². The molecule has 116 valence electrons. The first-order valence-corrected chi connectivity index (χ1v) is 6.69. The zero-order valence-corrected chi connectivity index (χ0v) is 11.9. The highest BCUT2D eigenvalue weighted by Gasteiger charge is 2.22. The average Bonchev–Trinajstić information content (AvgIpc) is 3.19. The van der Waals surface area contributed by atoms with Crippen molar-refractivity contribution < 1.29 is 24.2 Å². The molecule has 9 nitrogen and oxygen atoms in total. The van der Waals surface area contributed by atoms with Gasteiger partial charge in [-0.1, -0.05) is 0 Å². The number of ether oxygens (including phenoxy) is 2. The number of hydrogen-bond acceptors (Lipinski definition) is 6. The van der Waals surface area contributed by atoms with Crippen molar-refractivity contribution in [3.63, 3.8) is 0 Å². The molecule has 2 aliphatic heterocycles. The van der Waals surface area contributed by atoms with Crippen molar-refractivity contribution in [2.75, 3.05) is 13.2 Å². The predicted octanol–water partition coefficient (Wildman–Crippen LogP) is 0.452. The molecular weight excluding hydrogens is 292 g/mol. The van der Waals surface area contributed by atoms with E-state index >= 15 is 0 Å². The molecule has 0 aromatic carbocycles. The van der Waals surface area contributed by atoms with Crippen molar-refractivity contribution in [2.45, 2.75) is 20.0 Å². The standard InChI is InChI=1S/C7H8N2O2.C6H6N2O3/c1-5(10)6-4-8-9-2-3-11-7(6)9;9-6(10)4-3-7-8-1-2-11-5(4)8/h4H,2-3H2,1H3;3H,1-2H2,(H,9,10). The van der Waals surface area contributed by atoms with Crippen LogP contribution >= 0.6 is 0 Å². The highest BCUT2D eigenvalue weighted by molar-refractivity contribution is 5.96. The van der Waals surface area contributed by atoms with Crippen LogP contribution < -0.4 is 9.47 Å². The fourth-order valence-corrected chi connectivity index (χ4v) is 2.22. The van der Waals surface area contributed by atoms with Crippen LogP contribution in [0.4, 0.5) is 0 Å². The van der Waals surface area contributed by atoms with Crippen molar-refractivity contribution in [1.29, 1.82) is 0 Å². The van der Waals surface area contributed by atoms with Gasteiger partial charge in [-0.3, -0.25) is 4.79 Å². The molecule has 0 radical (unpaired) electrons. The van der Waals surface area contributed by atoms with Crippen LogP contribution in [-0.2, 0) is 13.1 Å². The summed E-state index contributed by atoms with van der Waals surface area (Å²) in [6, 6.07) is 0. The summed E-state index contributed by atoms with van der Waals surface area (Å²) in [4.78, 5) is 21.4. The van der Waals surface area contributed by atoms with Gasteiger partial charge in [0.2, 0.25) is 11.8 Å². The average molecular weight is 306 g/mol. The van der Waals surface area contributed by atoms with E-state index in [0.29, 0.717) is 37.1 Å². The monoisotopic (exact) mass is 306 g/mol. The minimum Gasteiger partial charge on any atom is -0.477 e. The molecule has 4 rings (SSSR count). The van der Waals surface area contributed by atoms with Gasteiger partial charge in [0.15, 0.2) is 5.78 Å². The number of ketones is 1. The fourth-order valence-electron chi connectivity index (χ4n) is 2.22. The largest absolute Gasteiger partial charge is 0.477 e. The first-order chi connectivity index (χ1) is 10.6. The number of nitrogens with zero attached hydrogens (tertiary/aromatic N) is 4. The first-order valence-electron chi connectivity index (χ1n) is 6.69. The predicted molar refractivity (Wildman–Crippen MR) is 72.4 cm³/mol. The molecular formula is C13H14N4O5. The molecule has 0 saturated heterocycles. The highest BCUT2D eigenvalue weighted by atomic mass is 16.5. The molecule has 4 heterocycles. The quantitative estimate of drug-likeness (QED) is 0.802. The van der Waals surface area contributed by atoms with Gasteiger partial charge < -0.3 is 14.6 Å². The number of carboxylic acids is 1. The molecule has 1 N–H and O–H groups in total. The number of rotatable bonds is 2. The van der Waals surface area contributed by atoms with Gasteiger partial charge in [-0.25, -0.2) is 14.2 Å². The molecule has 9 heteroatoms. The third kappa shape index (κ3) is 2.41. The molecule has 2 aromatic heterocycles. The summed E-state index contributed by atoms with van der Waals surface area (Å²) in [5, 5.41) is 16.4. The Bertz CT molecular complexity index is 671. The zero-order chi connectivity index (χ0) is 15.7. The van der Waals surface area contributed by atoms with Gasteiger partial charge in [0, 0.05) is 0 Å². The summed E-state index contributed by atoms with van der Waals surface area (Å²) < 4.78 is 13.5. The van der Waals surface area contributed by atoms with Gasteiger partial charge in [0.1, 0.15) is 18.8 Å². The number of carboxylic acid groups (broad SMARTS) is 1. The van der Waals surface area contributed by atoms with Crippen LogP contribution in [0.15, 0.2) is 12.4 Å². The van der Waals surface area contributed by atoms with Crippen molar-refractivity contribution in [1.82, 2.24) is 19.6 Å². The van der Waals surface area contributed by atoms with E-state index in [-0.39, 0.29) is 11.3 Å². The van der Waals surface area contributed by atoms with E-state index in [9.17, 15) is 9.59 Å². The van der Waals surface area contributed by atoms with Gasteiger partial charge in [-0.2, -0.15) is 10.2 Å². The maximum atomic E-state index is 10.9. The van der Waals surface area contributed by atoms with Crippen LogP contribution in [0.3, 0.4) is 0 Å². The lowest BCUT2D eigenvalue weighted by Gasteiger charge is -1.93. The summed E-state index contributed by atoms with van der Waals surface area (Å²) in [7, 11) is 0. The smallest absolute Gasteiger partial charge is 0.342 e. The summed E-state index contributed by atoms with van der Waals surface area (Å²) in [6.45, 7) is 4.05. The maximum Gasteiger partial charge on any atom is 0.342 e. The third-order valence-corrected chi connectivity index (χ3v) is 3.28. The Balaban J connectivity index is 0.000000131. The Morgan fingerprint density at radius 2 is 1.55 bits per heavy atom. The molecule has 0 unspecified atom stereocenters. The van der Waals surface area contributed by atoms with Crippen LogP contribution in [-0.4, -0.2) is 49.6 Å². The first kappa shape index (κ1) is 14.1. The minimum absolute atomic E-state index is 0.00755. The Kier molecular flexibility index (Phi) is 3.53. The number of Topliss-reactive ketones (excluding diaryl/α,β-unsaturated/α-hetero) is 1. The lowest BCUT2D eigenvalue weighted by Crippen LogP contribution is -1.97. The normalized spacial score (nSPS) is 14.2. The van der Waals surface area contributed by atoms with Crippen LogP contribution in [0, 0.1) is 0 Å². The highest BCUT2D eigenvalue weighted by Crippen LogP contribution is 2.22. The number of aromatic nitrogens is 4. The molecule has 0 spiro atoms. The van der Waals surface area contributed by atoms with Crippen LogP contribution in [0.5, 0.6) is 11.8 Å². The summed E-state index contributed by atoms with van der Waals surface area (Å²) in [5.74, 6) is 0.0105. The van der Waals surface area contributed by atoms with Crippen molar-refractivity contribution >= 4 is 11.8 Å². The van der Waals surface area contributed by atoms with E-state index in [1.54, 1.807) is 15.6 Å². The van der Waals surface area contributed by atoms with Gasteiger partial charge in [-0.05, 0) is 6.92 Å². The molecule has 0 fully saturated rings. The summed E-state index contributed by atoms with van der Waals surface area (Å²) in [5.41, 5.74) is 0.727. The van der Waals surface area contributed by atoms with Crippen LogP contribution in [0.25, 0.3) is 0 Å². The molecule has 0 bridgehead atoms.